The zero-order valence-electron chi connectivity index (χ0n) is 18.2. The summed E-state index contributed by atoms with van der Waals surface area (Å²) in [6, 6.07) is 17.9. The van der Waals surface area contributed by atoms with Gasteiger partial charge in [-0.1, -0.05) is 18.2 Å². The number of carbonyl (C=O) groups is 2. The minimum Gasteiger partial charge on any atom is -0.478 e. The second-order valence-corrected chi connectivity index (χ2v) is 10.6. The first-order valence-electron chi connectivity index (χ1n) is 10.1. The van der Waals surface area contributed by atoms with Crippen LogP contribution in [0.2, 0.25) is 0 Å². The van der Waals surface area contributed by atoms with Crippen LogP contribution in [0.3, 0.4) is 0 Å². The van der Waals surface area contributed by atoms with Crippen LogP contribution in [-0.2, 0) is 27.7 Å². The van der Waals surface area contributed by atoms with Gasteiger partial charge in [0.25, 0.3) is 5.91 Å². The zero-order valence-corrected chi connectivity index (χ0v) is 21.1. The lowest BCUT2D eigenvalue weighted by Crippen LogP contribution is -2.63. The van der Waals surface area contributed by atoms with Crippen LogP contribution in [0.15, 0.2) is 71.6 Å². The molecule has 0 aliphatic carbocycles. The molecule has 3 aromatic rings. The maximum Gasteiger partial charge on any atom is 0.345 e. The fourth-order valence-electron chi connectivity index (χ4n) is 3.10. The number of sulfonamides is 1. The number of nitrogen functional groups attached to an aromatic ring is 1. The minimum atomic E-state index is -4.21. The van der Waals surface area contributed by atoms with Gasteiger partial charge in [0.1, 0.15) is 5.82 Å². The number of carboxylic acid groups (broad SMARTS) is 1. The van der Waals surface area contributed by atoms with Gasteiger partial charge in [0.05, 0.1) is 4.90 Å². The molecule has 0 aliphatic rings. The molecule has 0 saturated heterocycles. The fourth-order valence-corrected chi connectivity index (χ4v) is 4.74. The topological polar surface area (TPSA) is 151 Å². The molecular formula is C23H23IN4O5S. The van der Waals surface area contributed by atoms with Crippen molar-refractivity contribution in [1.82, 2.24) is 15.0 Å². The molecule has 0 saturated carbocycles. The number of hydrogen-bond acceptors (Lipinski definition) is 6. The predicted octanol–water partition coefficient (Wildman–Crippen LogP) is 2.56. The highest BCUT2D eigenvalue weighted by Crippen LogP contribution is 2.16. The maximum atomic E-state index is 12.7. The van der Waals surface area contributed by atoms with E-state index >= 15 is 0 Å². The van der Waals surface area contributed by atoms with Gasteiger partial charge in [0.2, 0.25) is 15.7 Å². The Kier molecular flexibility index (Phi) is 7.89. The molecule has 0 fully saturated rings. The number of nitrogens with one attached hydrogen (secondary N) is 2. The first kappa shape index (κ1) is 25.6. The lowest BCUT2D eigenvalue weighted by atomic mass is 10.0. The van der Waals surface area contributed by atoms with Crippen LogP contribution in [0.25, 0.3) is 0 Å². The van der Waals surface area contributed by atoms with Crippen LogP contribution in [0.4, 0.5) is 5.82 Å². The van der Waals surface area contributed by atoms with Crippen molar-refractivity contribution >= 4 is 50.3 Å². The van der Waals surface area contributed by atoms with Crippen molar-refractivity contribution in [3.63, 3.8) is 0 Å². The normalized spacial score (nSPS) is 13.1. The average Bonchev–Trinajstić information content (AvgIpc) is 2.78. The summed E-state index contributed by atoms with van der Waals surface area (Å²) in [5.74, 6) is -1.84. The molecule has 0 unspecified atom stereocenters. The van der Waals surface area contributed by atoms with E-state index in [0.29, 0.717) is 18.7 Å². The standard InChI is InChI=1S/C23H23IN4O5S/c1-23(22(30)31,28-34(32,33)19-13-10-17(24)11-14-19)27-21(29)16-8-5-15(6-9-16)7-12-18-3-2-4-20(25)26-18/h2-6,8-11,13-14,28H,7,12H2,1H3,(H2,25,26)(H,27,29)(H,30,31)/t23-/m0/s1. The molecule has 0 spiro atoms. The van der Waals surface area contributed by atoms with Crippen molar-refractivity contribution in [1.29, 1.82) is 0 Å². The largest absolute Gasteiger partial charge is 0.478 e. The molecule has 5 N–H and O–H groups in total. The third-order valence-electron chi connectivity index (χ3n) is 4.97. The number of anilines is 1. The smallest absolute Gasteiger partial charge is 0.345 e. The van der Waals surface area contributed by atoms with Crippen molar-refractivity contribution < 1.29 is 23.1 Å². The second-order valence-electron chi connectivity index (χ2n) is 7.69. The average molecular weight is 594 g/mol. The fraction of sp³-hybridized carbons (Fsp3) is 0.174. The Labute approximate surface area is 211 Å². The SMILES string of the molecule is C[C@](NC(=O)c1ccc(CCc2cccc(N)n2)cc1)(NS(=O)(=O)c1ccc(I)cc1)C(=O)O. The molecule has 1 amide bonds. The van der Waals surface area contributed by atoms with Gasteiger partial charge in [-0.15, -0.1) is 0 Å². The van der Waals surface area contributed by atoms with E-state index in [1.807, 2.05) is 34.7 Å². The van der Waals surface area contributed by atoms with Gasteiger partial charge in [-0.3, -0.25) is 4.79 Å². The number of nitrogens with two attached hydrogens (primary N) is 1. The summed E-state index contributed by atoms with van der Waals surface area (Å²) in [7, 11) is -4.21. The first-order valence-corrected chi connectivity index (χ1v) is 12.7. The number of aliphatic carboxylic acids is 1. The number of hydrogen-bond donors (Lipinski definition) is 4. The number of carbonyl (C=O) groups excluding carboxylic acids is 1. The second kappa shape index (κ2) is 10.5. The van der Waals surface area contributed by atoms with Gasteiger partial charge in [-0.2, -0.15) is 4.72 Å². The highest BCUT2D eigenvalue weighted by molar-refractivity contribution is 14.1. The highest BCUT2D eigenvalue weighted by atomic mass is 127. The van der Waals surface area contributed by atoms with E-state index in [2.05, 4.69) is 15.0 Å². The summed E-state index contributed by atoms with van der Waals surface area (Å²) in [6.45, 7) is 1.07. The molecule has 0 bridgehead atoms. The number of amides is 1. The lowest BCUT2D eigenvalue weighted by molar-refractivity contribution is -0.144. The van der Waals surface area contributed by atoms with Gasteiger partial charge >= 0.3 is 5.97 Å². The number of benzene rings is 2. The number of aromatic nitrogens is 1. The van der Waals surface area contributed by atoms with Crippen molar-refractivity contribution in [2.24, 2.45) is 0 Å². The van der Waals surface area contributed by atoms with E-state index in [0.717, 1.165) is 21.8 Å². The molecule has 1 heterocycles. The minimum absolute atomic E-state index is 0.117. The number of carboxylic acids is 1. The van der Waals surface area contributed by atoms with Crippen LogP contribution < -0.4 is 15.8 Å². The summed E-state index contributed by atoms with van der Waals surface area (Å²) in [6.07, 6.45) is 1.33. The summed E-state index contributed by atoms with van der Waals surface area (Å²) in [5, 5.41) is 11.9. The Morgan fingerprint density at radius 1 is 1.03 bits per heavy atom. The molecule has 2 aromatic carbocycles. The van der Waals surface area contributed by atoms with Gasteiger partial charge in [-0.25, -0.2) is 18.2 Å². The van der Waals surface area contributed by atoms with Crippen molar-refractivity contribution in [3.8, 4) is 0 Å². The Balaban J connectivity index is 1.69. The third kappa shape index (κ3) is 6.52. The Morgan fingerprint density at radius 2 is 1.68 bits per heavy atom. The highest BCUT2D eigenvalue weighted by Gasteiger charge is 2.39. The number of nitrogens with zero attached hydrogens (tertiary/aromatic N) is 1. The number of rotatable bonds is 9. The third-order valence-corrected chi connectivity index (χ3v) is 7.26. The quantitative estimate of drug-likeness (QED) is 0.220. The molecule has 11 heteroatoms. The summed E-state index contributed by atoms with van der Waals surface area (Å²) < 4.78 is 28.3. The Bertz CT molecular complexity index is 1300. The van der Waals surface area contributed by atoms with Gasteiger partial charge in [-0.05, 0) is 96.5 Å². The van der Waals surface area contributed by atoms with Crippen LogP contribution in [0.1, 0.15) is 28.5 Å². The Hall–Kier alpha value is -3.03. The molecule has 178 valence electrons. The summed E-state index contributed by atoms with van der Waals surface area (Å²) in [4.78, 5) is 28.7. The van der Waals surface area contributed by atoms with Crippen LogP contribution in [0.5, 0.6) is 0 Å². The van der Waals surface area contributed by atoms with E-state index in [9.17, 15) is 23.1 Å². The maximum absolute atomic E-state index is 12.7. The summed E-state index contributed by atoms with van der Waals surface area (Å²) in [5.41, 5.74) is 5.40. The number of halogens is 1. The number of pyridine rings is 1. The molecular weight excluding hydrogens is 571 g/mol. The van der Waals surface area contributed by atoms with Gasteiger partial charge < -0.3 is 16.2 Å². The predicted molar refractivity (Wildman–Crippen MR) is 135 cm³/mol. The van der Waals surface area contributed by atoms with Crippen LogP contribution >= 0.6 is 22.6 Å². The van der Waals surface area contributed by atoms with Crippen molar-refractivity contribution in [2.45, 2.75) is 30.3 Å². The van der Waals surface area contributed by atoms with E-state index in [4.69, 9.17) is 5.73 Å². The Morgan fingerprint density at radius 3 is 2.26 bits per heavy atom. The zero-order chi connectivity index (χ0) is 24.9. The molecule has 0 aliphatic heterocycles. The van der Waals surface area contributed by atoms with E-state index in [-0.39, 0.29) is 10.5 Å². The molecule has 1 aromatic heterocycles. The molecule has 0 radical (unpaired) electrons. The monoisotopic (exact) mass is 594 g/mol. The van der Waals surface area contributed by atoms with Gasteiger partial charge in [0.15, 0.2) is 0 Å². The molecule has 1 atom stereocenters. The molecule has 34 heavy (non-hydrogen) atoms. The summed E-state index contributed by atoms with van der Waals surface area (Å²) >= 11 is 2.02. The lowest BCUT2D eigenvalue weighted by Gasteiger charge is -2.27. The van der Waals surface area contributed by atoms with E-state index in [1.54, 1.807) is 42.5 Å². The van der Waals surface area contributed by atoms with E-state index in [1.165, 1.54) is 12.1 Å². The molecule has 3 rings (SSSR count). The van der Waals surface area contributed by atoms with Crippen LogP contribution in [0, 0.1) is 3.57 Å². The van der Waals surface area contributed by atoms with Gasteiger partial charge in [0, 0.05) is 14.8 Å². The first-order chi connectivity index (χ1) is 16.0. The van der Waals surface area contributed by atoms with E-state index < -0.39 is 27.6 Å². The van der Waals surface area contributed by atoms with Crippen LogP contribution in [-0.4, -0.2) is 36.0 Å². The van der Waals surface area contributed by atoms with Crippen molar-refractivity contribution in [3.05, 3.63) is 87.1 Å². The number of aryl methyl sites for hydroxylation is 2. The molecule has 9 nitrogen and oxygen atoms in total. The van der Waals surface area contributed by atoms with Crippen molar-refractivity contribution in [2.75, 3.05) is 5.73 Å².